The molecule has 0 amide bonds. The number of halogens is 1. The van der Waals surface area contributed by atoms with Gasteiger partial charge in [-0.15, -0.1) is 0 Å². The zero-order chi connectivity index (χ0) is 24.0. The molecule has 3 heterocycles. The Labute approximate surface area is 205 Å². The number of piperidine rings is 2. The fraction of sp³-hybridized carbons (Fsp3) is 0.615. The van der Waals surface area contributed by atoms with Gasteiger partial charge in [0.1, 0.15) is 22.1 Å². The van der Waals surface area contributed by atoms with E-state index in [9.17, 15) is 9.59 Å². The van der Waals surface area contributed by atoms with Crippen LogP contribution in [0, 0.1) is 11.8 Å². The first-order valence-electron chi connectivity index (χ1n) is 12.3. The van der Waals surface area contributed by atoms with E-state index in [2.05, 4.69) is 10.2 Å². The highest BCUT2D eigenvalue weighted by molar-refractivity contribution is 6.36. The minimum absolute atomic E-state index is 0.160. The van der Waals surface area contributed by atoms with Crippen LogP contribution in [0.5, 0.6) is 17.2 Å². The van der Waals surface area contributed by atoms with Crippen LogP contribution >= 0.6 is 11.6 Å². The molecular weight excluding hydrogens is 456 g/mol. The number of fused-ring (bicyclic) bond motifs is 2. The van der Waals surface area contributed by atoms with Crippen molar-refractivity contribution in [3.63, 3.8) is 0 Å². The molecule has 0 saturated carbocycles. The van der Waals surface area contributed by atoms with Crippen LogP contribution in [0.1, 0.15) is 55.8 Å². The summed E-state index contributed by atoms with van der Waals surface area (Å²) in [6.07, 6.45) is 8.41. The molecule has 1 aromatic rings. The molecule has 184 valence electrons. The second kappa shape index (κ2) is 9.08. The molecule has 0 aromatic heterocycles. The van der Waals surface area contributed by atoms with Crippen LogP contribution < -0.4 is 19.5 Å². The van der Waals surface area contributed by atoms with Crippen LogP contribution in [0.3, 0.4) is 0 Å². The lowest BCUT2D eigenvalue weighted by molar-refractivity contribution is -0.129. The van der Waals surface area contributed by atoms with E-state index in [1.54, 1.807) is 12.1 Å². The van der Waals surface area contributed by atoms with Crippen molar-refractivity contribution in [2.75, 3.05) is 33.9 Å². The lowest BCUT2D eigenvalue weighted by Gasteiger charge is -2.45. The summed E-state index contributed by atoms with van der Waals surface area (Å²) in [5.41, 5.74) is -0.543. The quantitative estimate of drug-likeness (QED) is 0.627. The number of methoxy groups -OCH3 is 2. The van der Waals surface area contributed by atoms with Crippen molar-refractivity contribution >= 4 is 23.2 Å². The van der Waals surface area contributed by atoms with Crippen LogP contribution in [-0.2, 0) is 4.79 Å². The molecule has 4 unspecified atom stereocenters. The van der Waals surface area contributed by atoms with E-state index in [-0.39, 0.29) is 28.0 Å². The number of carbonyl (C=O) groups is 2. The number of rotatable bonds is 5. The van der Waals surface area contributed by atoms with Crippen LogP contribution in [0.25, 0.3) is 0 Å². The number of ketones is 2. The number of Topliss-reactive ketones (excluding diaryl/α,β-unsaturated/α-hetero) is 1. The predicted octanol–water partition coefficient (Wildman–Crippen LogP) is 4.02. The van der Waals surface area contributed by atoms with Gasteiger partial charge in [-0.25, -0.2) is 0 Å². The van der Waals surface area contributed by atoms with E-state index in [1.165, 1.54) is 59.4 Å². The van der Waals surface area contributed by atoms with Crippen molar-refractivity contribution in [1.82, 2.24) is 10.2 Å². The zero-order valence-corrected chi connectivity index (χ0v) is 20.9. The smallest absolute Gasteiger partial charge is 0.236 e. The molecule has 34 heavy (non-hydrogen) atoms. The lowest BCUT2D eigenvalue weighted by atomic mass is 9.74. The molecule has 5 rings (SSSR count). The topological polar surface area (TPSA) is 77.1 Å². The maximum Gasteiger partial charge on any atom is 0.236 e. The minimum Gasteiger partial charge on any atom is -0.496 e. The van der Waals surface area contributed by atoms with Gasteiger partial charge in [0.15, 0.2) is 5.75 Å². The van der Waals surface area contributed by atoms with E-state index in [4.69, 9.17) is 25.8 Å². The lowest BCUT2D eigenvalue weighted by Crippen LogP contribution is -2.56. The van der Waals surface area contributed by atoms with Gasteiger partial charge in [-0.05, 0) is 51.1 Å². The van der Waals surface area contributed by atoms with Crippen molar-refractivity contribution in [1.29, 1.82) is 0 Å². The van der Waals surface area contributed by atoms with E-state index in [0.717, 1.165) is 12.2 Å². The standard InChI is InChI=1S/C26H33ClN2O5/c1-15-11-17(28-14-16-7-6-10-29-9-5-4-8-18(16)29)12-21(30)26(15)25(31)22-19(32-2)13-20(33-3)23(27)24(22)34-26/h12-13,15-16,18,28H,4-11,14H2,1-3H3. The van der Waals surface area contributed by atoms with E-state index >= 15 is 0 Å². The van der Waals surface area contributed by atoms with Gasteiger partial charge in [-0.2, -0.15) is 0 Å². The van der Waals surface area contributed by atoms with Crippen LogP contribution in [0.2, 0.25) is 5.02 Å². The number of benzene rings is 1. The number of hydrogen-bond donors (Lipinski definition) is 1. The number of ether oxygens (including phenoxy) is 3. The Hall–Kier alpha value is -2.25. The molecule has 0 radical (unpaired) electrons. The summed E-state index contributed by atoms with van der Waals surface area (Å²) in [5.74, 6) is 0.252. The summed E-state index contributed by atoms with van der Waals surface area (Å²) in [4.78, 5) is 29.7. The molecule has 0 bridgehead atoms. The maximum absolute atomic E-state index is 13.6. The minimum atomic E-state index is -1.62. The molecule has 2 saturated heterocycles. The molecule has 1 N–H and O–H groups in total. The van der Waals surface area contributed by atoms with Gasteiger partial charge in [-0.3, -0.25) is 9.59 Å². The predicted molar refractivity (Wildman–Crippen MR) is 129 cm³/mol. The Balaban J connectivity index is 1.36. The van der Waals surface area contributed by atoms with Crippen LogP contribution in [0.15, 0.2) is 17.8 Å². The fourth-order valence-corrected chi connectivity index (χ4v) is 6.59. The molecule has 1 aliphatic carbocycles. The van der Waals surface area contributed by atoms with Gasteiger partial charge < -0.3 is 24.4 Å². The molecule has 1 spiro atoms. The van der Waals surface area contributed by atoms with Crippen LogP contribution in [0.4, 0.5) is 0 Å². The second-order valence-corrected chi connectivity index (χ2v) is 10.4. The van der Waals surface area contributed by atoms with Gasteiger partial charge in [0.25, 0.3) is 0 Å². The van der Waals surface area contributed by atoms with Gasteiger partial charge >= 0.3 is 0 Å². The van der Waals surface area contributed by atoms with E-state index in [0.29, 0.717) is 29.9 Å². The summed E-state index contributed by atoms with van der Waals surface area (Å²) < 4.78 is 16.9. The maximum atomic E-state index is 13.6. The Kier molecular flexibility index (Phi) is 6.27. The molecule has 4 aliphatic rings. The first-order valence-corrected chi connectivity index (χ1v) is 12.7. The van der Waals surface area contributed by atoms with Crippen molar-refractivity contribution in [2.45, 2.75) is 57.1 Å². The first kappa shape index (κ1) is 23.5. The summed E-state index contributed by atoms with van der Waals surface area (Å²) in [6.45, 7) is 5.15. The van der Waals surface area contributed by atoms with Gasteiger partial charge in [0, 0.05) is 36.3 Å². The number of nitrogens with one attached hydrogen (secondary N) is 1. The molecular formula is C26H33ClN2O5. The third kappa shape index (κ3) is 3.59. The van der Waals surface area contributed by atoms with E-state index in [1.807, 2.05) is 6.92 Å². The first-order chi connectivity index (χ1) is 16.4. The number of nitrogens with zero attached hydrogens (tertiary/aromatic N) is 1. The SMILES string of the molecule is COc1cc(OC)c2c(c1Cl)OC1(C(=O)C=C(NCC3CCCN4CCCCC34)CC1C)C2=O. The summed E-state index contributed by atoms with van der Waals surface area (Å²) in [5, 5.41) is 3.73. The highest BCUT2D eigenvalue weighted by Crippen LogP contribution is 2.53. The third-order valence-corrected chi connectivity index (χ3v) is 8.49. The van der Waals surface area contributed by atoms with Crippen molar-refractivity contribution in [2.24, 2.45) is 11.8 Å². The molecule has 7 nitrogen and oxygen atoms in total. The Bertz CT molecular complexity index is 1040. The van der Waals surface area contributed by atoms with Gasteiger partial charge in [0.2, 0.25) is 17.2 Å². The summed E-state index contributed by atoms with van der Waals surface area (Å²) >= 11 is 6.47. The monoisotopic (exact) mass is 488 g/mol. The van der Waals surface area contributed by atoms with Gasteiger partial charge in [-0.1, -0.05) is 24.9 Å². The third-order valence-electron chi connectivity index (χ3n) is 8.13. The van der Waals surface area contributed by atoms with E-state index < -0.39 is 11.4 Å². The molecule has 2 fully saturated rings. The Morgan fingerprint density at radius 2 is 1.91 bits per heavy atom. The van der Waals surface area contributed by atoms with Crippen molar-refractivity contribution in [3.8, 4) is 17.2 Å². The molecule has 8 heteroatoms. The number of hydrogen-bond acceptors (Lipinski definition) is 7. The highest BCUT2D eigenvalue weighted by atomic mass is 35.5. The molecule has 4 atom stereocenters. The van der Waals surface area contributed by atoms with Crippen molar-refractivity contribution < 1.29 is 23.8 Å². The molecule has 1 aromatic carbocycles. The molecule has 3 aliphatic heterocycles. The van der Waals surface area contributed by atoms with Crippen molar-refractivity contribution in [3.05, 3.63) is 28.4 Å². The number of carbonyl (C=O) groups excluding carboxylic acids is 2. The normalized spacial score (nSPS) is 30.9. The fourth-order valence-electron chi connectivity index (χ4n) is 6.33. The van der Waals surface area contributed by atoms with Gasteiger partial charge in [0.05, 0.1) is 14.2 Å². The zero-order valence-electron chi connectivity index (χ0n) is 20.1. The van der Waals surface area contributed by atoms with Crippen LogP contribution in [-0.4, -0.2) is 62.0 Å². The number of allylic oxidation sites excluding steroid dienone is 1. The summed E-state index contributed by atoms with van der Waals surface area (Å²) in [6, 6.07) is 2.19. The Morgan fingerprint density at radius 3 is 2.65 bits per heavy atom. The highest BCUT2D eigenvalue weighted by Gasteiger charge is 2.60. The largest absolute Gasteiger partial charge is 0.496 e. The average molecular weight is 489 g/mol. The average Bonchev–Trinajstić information content (AvgIpc) is 3.16. The summed E-state index contributed by atoms with van der Waals surface area (Å²) in [7, 11) is 2.95. The Morgan fingerprint density at radius 1 is 1.15 bits per heavy atom. The second-order valence-electron chi connectivity index (χ2n) is 9.99.